The molecule has 0 fully saturated rings. The summed E-state index contributed by atoms with van der Waals surface area (Å²) in [5.41, 5.74) is 5.69. The van der Waals surface area contributed by atoms with Gasteiger partial charge in [0.1, 0.15) is 0 Å². The molecule has 1 amide bonds. The Labute approximate surface area is 98.8 Å². The zero-order valence-electron chi connectivity index (χ0n) is 11.0. The van der Waals surface area contributed by atoms with Gasteiger partial charge in [-0.15, -0.1) is 0 Å². The summed E-state index contributed by atoms with van der Waals surface area (Å²) in [6.07, 6.45) is 1.97. The number of carbonyl (C=O) groups excluding carboxylic acids is 1. The van der Waals surface area contributed by atoms with Gasteiger partial charge >= 0.3 is 0 Å². The lowest BCUT2D eigenvalue weighted by molar-refractivity contribution is -0.135. The van der Waals surface area contributed by atoms with Crippen molar-refractivity contribution in [3.8, 4) is 0 Å². The van der Waals surface area contributed by atoms with Crippen LogP contribution in [0, 0.1) is 5.41 Å². The van der Waals surface area contributed by atoms with Crippen LogP contribution in [0.3, 0.4) is 0 Å². The van der Waals surface area contributed by atoms with Crippen molar-refractivity contribution >= 4 is 5.91 Å². The second-order valence-corrected chi connectivity index (χ2v) is 5.25. The molecule has 0 aromatic carbocycles. The van der Waals surface area contributed by atoms with Gasteiger partial charge in [0.05, 0.1) is 12.6 Å². The molecule has 0 aliphatic rings. The number of amides is 1. The molecule has 0 saturated heterocycles. The maximum Gasteiger partial charge on any atom is 0.240 e. The van der Waals surface area contributed by atoms with E-state index in [4.69, 9.17) is 10.8 Å². The van der Waals surface area contributed by atoms with E-state index in [0.717, 1.165) is 12.8 Å². The molecule has 96 valence electrons. The van der Waals surface area contributed by atoms with Crippen LogP contribution in [0.2, 0.25) is 0 Å². The number of nitrogens with zero attached hydrogens (tertiary/aromatic N) is 1. The van der Waals surface area contributed by atoms with Crippen molar-refractivity contribution in [2.45, 2.75) is 46.6 Å². The first-order chi connectivity index (χ1) is 7.34. The van der Waals surface area contributed by atoms with Crippen molar-refractivity contribution in [3.63, 3.8) is 0 Å². The lowest BCUT2D eigenvalue weighted by atomic mass is 9.86. The average Bonchev–Trinajstić information content (AvgIpc) is 2.20. The quantitative estimate of drug-likeness (QED) is 0.715. The SMILES string of the molecule is CCCCN(CCO)C(=O)[C@H](N)C(C)(C)C. The van der Waals surface area contributed by atoms with E-state index in [-0.39, 0.29) is 17.9 Å². The summed E-state index contributed by atoms with van der Waals surface area (Å²) in [4.78, 5) is 13.7. The van der Waals surface area contributed by atoms with E-state index in [0.29, 0.717) is 13.1 Å². The summed E-state index contributed by atoms with van der Waals surface area (Å²) in [7, 11) is 0. The molecule has 0 radical (unpaired) electrons. The standard InChI is InChI=1S/C12H26N2O2/c1-5-6-7-14(8-9-15)11(16)10(13)12(2,3)4/h10,15H,5-9,13H2,1-4H3/t10-/m0/s1. The molecule has 3 N–H and O–H groups in total. The second-order valence-electron chi connectivity index (χ2n) is 5.25. The number of rotatable bonds is 6. The van der Waals surface area contributed by atoms with Crippen molar-refractivity contribution in [2.24, 2.45) is 11.1 Å². The zero-order chi connectivity index (χ0) is 12.8. The van der Waals surface area contributed by atoms with E-state index in [1.807, 2.05) is 20.8 Å². The lowest BCUT2D eigenvalue weighted by Crippen LogP contribution is -2.51. The monoisotopic (exact) mass is 230 g/mol. The Hall–Kier alpha value is -0.610. The predicted octanol–water partition coefficient (Wildman–Crippen LogP) is 0.981. The molecule has 0 bridgehead atoms. The summed E-state index contributed by atoms with van der Waals surface area (Å²) in [5, 5.41) is 8.93. The van der Waals surface area contributed by atoms with Gasteiger partial charge in [-0.1, -0.05) is 34.1 Å². The molecule has 0 saturated carbocycles. The number of aliphatic hydroxyl groups excluding tert-OH is 1. The Kier molecular flexibility index (Phi) is 6.60. The van der Waals surface area contributed by atoms with E-state index in [2.05, 4.69) is 6.92 Å². The number of aliphatic hydroxyl groups is 1. The van der Waals surface area contributed by atoms with Gasteiger partial charge in [0.2, 0.25) is 5.91 Å². The fourth-order valence-corrected chi connectivity index (χ4v) is 1.37. The smallest absolute Gasteiger partial charge is 0.240 e. The van der Waals surface area contributed by atoms with Gasteiger partial charge in [-0.05, 0) is 11.8 Å². The van der Waals surface area contributed by atoms with E-state index >= 15 is 0 Å². The van der Waals surface area contributed by atoms with Crippen LogP contribution in [-0.2, 0) is 4.79 Å². The predicted molar refractivity (Wildman–Crippen MR) is 66.0 cm³/mol. The van der Waals surface area contributed by atoms with Crippen molar-refractivity contribution in [2.75, 3.05) is 19.7 Å². The molecule has 0 aromatic rings. The first-order valence-electron chi connectivity index (χ1n) is 5.99. The normalized spacial score (nSPS) is 13.6. The number of hydrogen-bond acceptors (Lipinski definition) is 3. The topological polar surface area (TPSA) is 66.6 Å². The second kappa shape index (κ2) is 6.86. The summed E-state index contributed by atoms with van der Waals surface area (Å²) in [6, 6.07) is -0.504. The fourth-order valence-electron chi connectivity index (χ4n) is 1.37. The highest BCUT2D eigenvalue weighted by Gasteiger charge is 2.30. The Morgan fingerprint density at radius 3 is 2.31 bits per heavy atom. The van der Waals surface area contributed by atoms with E-state index in [1.54, 1.807) is 4.90 Å². The molecule has 0 spiro atoms. The molecular weight excluding hydrogens is 204 g/mol. The molecular formula is C12H26N2O2. The summed E-state index contributed by atoms with van der Waals surface area (Å²) < 4.78 is 0. The highest BCUT2D eigenvalue weighted by Crippen LogP contribution is 2.19. The maximum atomic E-state index is 12.1. The molecule has 4 nitrogen and oxygen atoms in total. The fraction of sp³-hybridized carbons (Fsp3) is 0.917. The van der Waals surface area contributed by atoms with Crippen LogP contribution in [-0.4, -0.2) is 41.7 Å². The van der Waals surface area contributed by atoms with Gasteiger partial charge in [0, 0.05) is 13.1 Å². The minimum atomic E-state index is -0.504. The third-order valence-corrected chi connectivity index (χ3v) is 2.66. The molecule has 0 unspecified atom stereocenters. The van der Waals surface area contributed by atoms with Crippen LogP contribution in [0.4, 0.5) is 0 Å². The van der Waals surface area contributed by atoms with Crippen molar-refractivity contribution in [1.29, 1.82) is 0 Å². The highest BCUT2D eigenvalue weighted by atomic mass is 16.3. The number of unbranched alkanes of at least 4 members (excludes halogenated alkanes) is 1. The molecule has 1 atom stereocenters. The van der Waals surface area contributed by atoms with Crippen molar-refractivity contribution in [1.82, 2.24) is 4.90 Å². The van der Waals surface area contributed by atoms with E-state index < -0.39 is 6.04 Å². The van der Waals surface area contributed by atoms with Crippen LogP contribution in [0.1, 0.15) is 40.5 Å². The average molecular weight is 230 g/mol. The molecule has 0 rings (SSSR count). The summed E-state index contributed by atoms with van der Waals surface area (Å²) in [5.74, 6) is -0.0602. The molecule has 0 aromatic heterocycles. The largest absolute Gasteiger partial charge is 0.395 e. The number of carbonyl (C=O) groups is 1. The van der Waals surface area contributed by atoms with Crippen LogP contribution in [0.5, 0.6) is 0 Å². The molecule has 0 aliphatic heterocycles. The molecule has 16 heavy (non-hydrogen) atoms. The Bertz CT molecular complexity index is 212. The first kappa shape index (κ1) is 15.4. The van der Waals surface area contributed by atoms with Gasteiger partial charge < -0.3 is 15.7 Å². The van der Waals surface area contributed by atoms with Gasteiger partial charge in [-0.3, -0.25) is 4.79 Å². The summed E-state index contributed by atoms with van der Waals surface area (Å²) in [6.45, 7) is 8.98. The third kappa shape index (κ3) is 4.94. The van der Waals surface area contributed by atoms with Crippen molar-refractivity contribution in [3.05, 3.63) is 0 Å². The van der Waals surface area contributed by atoms with E-state index in [1.165, 1.54) is 0 Å². The Balaban J connectivity index is 4.47. The van der Waals surface area contributed by atoms with Crippen LogP contribution in [0.25, 0.3) is 0 Å². The first-order valence-corrected chi connectivity index (χ1v) is 5.99. The number of nitrogens with two attached hydrogens (primary N) is 1. The Morgan fingerprint density at radius 2 is 1.94 bits per heavy atom. The summed E-state index contributed by atoms with van der Waals surface area (Å²) >= 11 is 0. The van der Waals surface area contributed by atoms with Crippen LogP contribution in [0.15, 0.2) is 0 Å². The van der Waals surface area contributed by atoms with Gasteiger partial charge in [-0.2, -0.15) is 0 Å². The minimum Gasteiger partial charge on any atom is -0.395 e. The highest BCUT2D eigenvalue weighted by molar-refractivity contribution is 5.82. The van der Waals surface area contributed by atoms with E-state index in [9.17, 15) is 4.79 Å². The van der Waals surface area contributed by atoms with Gasteiger partial charge in [0.15, 0.2) is 0 Å². The molecule has 4 heteroatoms. The minimum absolute atomic E-state index is 0.00762. The molecule has 0 heterocycles. The third-order valence-electron chi connectivity index (χ3n) is 2.66. The van der Waals surface area contributed by atoms with Gasteiger partial charge in [-0.25, -0.2) is 0 Å². The van der Waals surface area contributed by atoms with Crippen LogP contribution < -0.4 is 5.73 Å². The van der Waals surface area contributed by atoms with Crippen LogP contribution >= 0.6 is 0 Å². The zero-order valence-corrected chi connectivity index (χ0v) is 11.0. The maximum absolute atomic E-state index is 12.1. The van der Waals surface area contributed by atoms with Gasteiger partial charge in [0.25, 0.3) is 0 Å². The number of hydrogen-bond donors (Lipinski definition) is 2. The Morgan fingerprint density at radius 1 is 1.38 bits per heavy atom. The molecule has 0 aliphatic carbocycles. The van der Waals surface area contributed by atoms with Crippen molar-refractivity contribution < 1.29 is 9.90 Å². The lowest BCUT2D eigenvalue weighted by Gasteiger charge is -2.31.